The molecule has 1 atom stereocenters. The third kappa shape index (κ3) is 2.59. The van der Waals surface area contributed by atoms with Gasteiger partial charge in [0.2, 0.25) is 0 Å². The van der Waals surface area contributed by atoms with Crippen molar-refractivity contribution in [1.29, 1.82) is 0 Å². The number of likely N-dealkylation sites (tertiary alicyclic amines) is 1. The summed E-state index contributed by atoms with van der Waals surface area (Å²) in [6.07, 6.45) is 6.88. The van der Waals surface area contributed by atoms with E-state index in [-0.39, 0.29) is 11.9 Å². The number of hydrogen-bond donors (Lipinski definition) is 0. The summed E-state index contributed by atoms with van der Waals surface area (Å²) in [5, 5.41) is 8.06. The fourth-order valence-corrected chi connectivity index (χ4v) is 2.70. The van der Waals surface area contributed by atoms with E-state index in [0.29, 0.717) is 11.5 Å². The van der Waals surface area contributed by atoms with Gasteiger partial charge in [0.25, 0.3) is 5.91 Å². The first-order valence-electron chi connectivity index (χ1n) is 6.96. The van der Waals surface area contributed by atoms with Crippen molar-refractivity contribution in [3.8, 4) is 0 Å². The van der Waals surface area contributed by atoms with Crippen molar-refractivity contribution in [3.05, 3.63) is 36.0 Å². The molecule has 1 aliphatic heterocycles. The van der Waals surface area contributed by atoms with Crippen LogP contribution in [0.3, 0.4) is 0 Å². The predicted octanol–water partition coefficient (Wildman–Crippen LogP) is 1.87. The Morgan fingerprint density at radius 1 is 1.50 bits per heavy atom. The minimum absolute atomic E-state index is 0.0429. The van der Waals surface area contributed by atoms with E-state index in [0.717, 1.165) is 32.4 Å². The predicted molar refractivity (Wildman–Crippen MR) is 72.1 cm³/mol. The summed E-state index contributed by atoms with van der Waals surface area (Å²) in [6, 6.07) is 3.77. The van der Waals surface area contributed by atoms with E-state index >= 15 is 0 Å². The van der Waals surface area contributed by atoms with Crippen LogP contribution in [0.1, 0.15) is 35.5 Å². The van der Waals surface area contributed by atoms with Crippen molar-refractivity contribution in [2.75, 3.05) is 6.54 Å². The van der Waals surface area contributed by atoms with Crippen molar-refractivity contribution in [3.63, 3.8) is 0 Å². The molecule has 0 aliphatic carbocycles. The Bertz CT molecular complexity index is 576. The molecule has 0 bridgehead atoms. The highest BCUT2D eigenvalue weighted by atomic mass is 16.5. The van der Waals surface area contributed by atoms with E-state index in [1.807, 2.05) is 21.8 Å². The first kappa shape index (κ1) is 12.9. The molecule has 1 unspecified atom stereocenters. The van der Waals surface area contributed by atoms with Crippen molar-refractivity contribution in [2.24, 2.45) is 0 Å². The van der Waals surface area contributed by atoms with Crippen molar-refractivity contribution < 1.29 is 9.32 Å². The average Bonchev–Trinajstić information content (AvgIpc) is 3.10. The van der Waals surface area contributed by atoms with E-state index in [1.165, 1.54) is 0 Å². The maximum absolute atomic E-state index is 12.5. The summed E-state index contributed by atoms with van der Waals surface area (Å²) in [5.74, 6) is 0.618. The van der Waals surface area contributed by atoms with Gasteiger partial charge in [-0.3, -0.25) is 9.48 Å². The largest absolute Gasteiger partial charge is 0.361 e. The molecule has 6 nitrogen and oxygen atoms in total. The van der Waals surface area contributed by atoms with E-state index < -0.39 is 0 Å². The summed E-state index contributed by atoms with van der Waals surface area (Å²) < 4.78 is 6.88. The van der Waals surface area contributed by atoms with E-state index in [2.05, 4.69) is 10.3 Å². The second kappa shape index (κ2) is 5.48. The molecule has 1 fully saturated rings. The summed E-state index contributed by atoms with van der Waals surface area (Å²) in [6.45, 7) is 3.30. The molecule has 0 N–H and O–H groups in total. The number of nitrogens with zero attached hydrogens (tertiary/aromatic N) is 4. The van der Waals surface area contributed by atoms with Crippen LogP contribution < -0.4 is 0 Å². The number of carbonyl (C=O) groups excluding carboxylic acids is 1. The van der Waals surface area contributed by atoms with E-state index in [4.69, 9.17) is 4.52 Å². The lowest BCUT2D eigenvalue weighted by Gasteiger charge is -2.35. The van der Waals surface area contributed by atoms with Gasteiger partial charge in [-0.2, -0.15) is 5.10 Å². The minimum Gasteiger partial charge on any atom is -0.361 e. The molecule has 0 saturated carbocycles. The van der Waals surface area contributed by atoms with Crippen LogP contribution in [0.5, 0.6) is 0 Å². The van der Waals surface area contributed by atoms with Crippen LogP contribution in [0, 0.1) is 6.92 Å². The number of aromatic nitrogens is 3. The molecule has 1 amide bonds. The Hall–Kier alpha value is -2.11. The first-order valence-corrected chi connectivity index (χ1v) is 6.96. The zero-order valence-corrected chi connectivity index (χ0v) is 11.5. The maximum atomic E-state index is 12.5. The molecule has 1 saturated heterocycles. The van der Waals surface area contributed by atoms with Crippen LogP contribution in [-0.4, -0.2) is 38.3 Å². The van der Waals surface area contributed by atoms with E-state index in [9.17, 15) is 4.79 Å². The molecule has 2 aromatic rings. The van der Waals surface area contributed by atoms with Gasteiger partial charge >= 0.3 is 0 Å². The third-order valence-corrected chi connectivity index (χ3v) is 3.69. The Balaban J connectivity index is 1.76. The fourth-order valence-electron chi connectivity index (χ4n) is 2.70. The molecule has 1 aliphatic rings. The van der Waals surface area contributed by atoms with Crippen LogP contribution >= 0.6 is 0 Å². The van der Waals surface area contributed by atoms with Crippen molar-refractivity contribution >= 4 is 5.91 Å². The maximum Gasteiger partial charge on any atom is 0.276 e. The molecular weight excluding hydrogens is 256 g/mol. The molecule has 20 heavy (non-hydrogen) atoms. The molecule has 0 spiro atoms. The normalized spacial score (nSPS) is 19.2. The zero-order chi connectivity index (χ0) is 13.9. The smallest absolute Gasteiger partial charge is 0.276 e. The van der Waals surface area contributed by atoms with Crippen LogP contribution in [-0.2, 0) is 6.54 Å². The summed E-state index contributed by atoms with van der Waals surface area (Å²) in [5.41, 5.74) is 0.398. The first-order chi connectivity index (χ1) is 9.74. The lowest BCUT2D eigenvalue weighted by molar-refractivity contribution is 0.0573. The number of rotatable bonds is 3. The Morgan fingerprint density at radius 2 is 2.40 bits per heavy atom. The van der Waals surface area contributed by atoms with E-state index in [1.54, 1.807) is 19.2 Å². The lowest BCUT2D eigenvalue weighted by atomic mass is 10.0. The highest BCUT2D eigenvalue weighted by Crippen LogP contribution is 2.21. The second-order valence-electron chi connectivity index (χ2n) is 5.20. The molecular formula is C14H18N4O2. The number of amides is 1. The van der Waals surface area contributed by atoms with Crippen LogP contribution in [0.15, 0.2) is 29.0 Å². The highest BCUT2D eigenvalue weighted by Gasteiger charge is 2.29. The monoisotopic (exact) mass is 274 g/mol. The molecule has 0 aromatic carbocycles. The molecule has 106 valence electrons. The zero-order valence-electron chi connectivity index (χ0n) is 11.5. The SMILES string of the molecule is Cc1cc(C(=O)N2CCCCC2Cn2cccn2)no1. The Morgan fingerprint density at radius 3 is 3.10 bits per heavy atom. The third-order valence-electron chi connectivity index (χ3n) is 3.69. The van der Waals surface area contributed by atoms with Gasteiger partial charge in [-0.05, 0) is 32.3 Å². The van der Waals surface area contributed by atoms with Gasteiger partial charge in [0.15, 0.2) is 5.69 Å². The number of piperidine rings is 1. The van der Waals surface area contributed by atoms with Gasteiger partial charge in [0.1, 0.15) is 5.76 Å². The molecule has 2 aromatic heterocycles. The van der Waals surface area contributed by atoms with Gasteiger partial charge in [0, 0.05) is 25.0 Å². The molecule has 6 heteroatoms. The lowest BCUT2D eigenvalue weighted by Crippen LogP contribution is -2.46. The molecule has 3 rings (SSSR count). The number of hydrogen-bond acceptors (Lipinski definition) is 4. The quantitative estimate of drug-likeness (QED) is 0.857. The van der Waals surface area contributed by atoms with Gasteiger partial charge in [0.05, 0.1) is 12.6 Å². The number of aryl methyl sites for hydroxylation is 1. The van der Waals surface area contributed by atoms with Crippen LogP contribution in [0.2, 0.25) is 0 Å². The number of carbonyl (C=O) groups is 1. The Labute approximate surface area is 117 Å². The van der Waals surface area contributed by atoms with Crippen molar-refractivity contribution in [2.45, 2.75) is 38.8 Å². The average molecular weight is 274 g/mol. The summed E-state index contributed by atoms with van der Waals surface area (Å²) >= 11 is 0. The van der Waals surface area contributed by atoms with Crippen LogP contribution in [0.25, 0.3) is 0 Å². The topological polar surface area (TPSA) is 64.2 Å². The second-order valence-corrected chi connectivity index (χ2v) is 5.20. The van der Waals surface area contributed by atoms with Gasteiger partial charge in [-0.1, -0.05) is 5.16 Å². The fraction of sp³-hybridized carbons (Fsp3) is 0.500. The van der Waals surface area contributed by atoms with Gasteiger partial charge in [-0.25, -0.2) is 0 Å². The standard InChI is InChI=1S/C14H18N4O2/c1-11-9-13(16-20-11)14(19)18-8-3-2-5-12(18)10-17-7-4-6-15-17/h4,6-7,9,12H,2-3,5,8,10H2,1H3. The van der Waals surface area contributed by atoms with Crippen molar-refractivity contribution in [1.82, 2.24) is 19.8 Å². The minimum atomic E-state index is -0.0429. The Kier molecular flexibility index (Phi) is 3.54. The molecule has 3 heterocycles. The summed E-state index contributed by atoms with van der Waals surface area (Å²) in [7, 11) is 0. The van der Waals surface area contributed by atoms with Gasteiger partial charge < -0.3 is 9.42 Å². The van der Waals surface area contributed by atoms with Crippen LogP contribution in [0.4, 0.5) is 0 Å². The summed E-state index contributed by atoms with van der Waals surface area (Å²) in [4.78, 5) is 14.4. The highest BCUT2D eigenvalue weighted by molar-refractivity contribution is 5.92. The van der Waals surface area contributed by atoms with Gasteiger partial charge in [-0.15, -0.1) is 0 Å². The molecule has 0 radical (unpaired) electrons.